The Kier molecular flexibility index (Phi) is 5.60. The fourth-order valence-electron chi connectivity index (χ4n) is 2.49. The molecule has 1 atom stereocenters. The largest absolute Gasteiger partial charge is 0.302 e. The van der Waals surface area contributed by atoms with Gasteiger partial charge in [0.05, 0.1) is 14.1 Å². The van der Waals surface area contributed by atoms with Gasteiger partial charge in [-0.3, -0.25) is 9.69 Å². The van der Waals surface area contributed by atoms with Crippen molar-refractivity contribution in [2.24, 2.45) is 0 Å². The summed E-state index contributed by atoms with van der Waals surface area (Å²) in [4.78, 5) is 16.8. The lowest BCUT2D eigenvalue weighted by atomic mass is 10.2. The van der Waals surface area contributed by atoms with E-state index >= 15 is 0 Å². The molecule has 1 aromatic heterocycles. The number of rotatable bonds is 5. The predicted molar refractivity (Wildman–Crippen MR) is 87.2 cm³/mol. The van der Waals surface area contributed by atoms with Crippen molar-refractivity contribution < 1.29 is 4.79 Å². The topological polar surface area (TPSA) is 23.6 Å². The maximum atomic E-state index is 12.2. The van der Waals surface area contributed by atoms with Crippen LogP contribution in [0.3, 0.4) is 0 Å². The summed E-state index contributed by atoms with van der Waals surface area (Å²) >= 11 is 8.40. The van der Waals surface area contributed by atoms with Gasteiger partial charge in [0, 0.05) is 18.2 Å². The standard InChI is InChI=1S/C13H18Br2N2OS/c1-16(7-9-4-3-5-17(9)2)8-11(18)10-6-12(14)19-13(10)15/h6,9H,3-5,7-8H2,1-2H3. The number of halogens is 2. The fourth-order valence-corrected chi connectivity index (χ4v) is 5.35. The Labute approximate surface area is 135 Å². The minimum absolute atomic E-state index is 0.178. The van der Waals surface area contributed by atoms with Gasteiger partial charge in [-0.1, -0.05) is 0 Å². The molecule has 0 aliphatic carbocycles. The number of nitrogens with zero attached hydrogens (tertiary/aromatic N) is 2. The van der Waals surface area contributed by atoms with Crippen molar-refractivity contribution in [2.45, 2.75) is 18.9 Å². The van der Waals surface area contributed by atoms with Crippen molar-refractivity contribution >= 4 is 49.0 Å². The lowest BCUT2D eigenvalue weighted by molar-refractivity contribution is 0.0932. The quantitative estimate of drug-likeness (QED) is 0.695. The minimum Gasteiger partial charge on any atom is -0.302 e. The van der Waals surface area contributed by atoms with Gasteiger partial charge in [0.1, 0.15) is 0 Å². The van der Waals surface area contributed by atoms with E-state index in [2.05, 4.69) is 48.7 Å². The number of Topliss-reactive ketones (excluding diaryl/α,β-unsaturated/α-hetero) is 1. The first-order valence-corrected chi connectivity index (χ1v) is 8.74. The molecule has 1 fully saturated rings. The molecule has 3 nitrogen and oxygen atoms in total. The maximum absolute atomic E-state index is 12.2. The van der Waals surface area contributed by atoms with E-state index in [0.717, 1.165) is 19.7 Å². The van der Waals surface area contributed by atoms with E-state index in [1.807, 2.05) is 13.1 Å². The van der Waals surface area contributed by atoms with Crippen LogP contribution < -0.4 is 0 Å². The average molecular weight is 410 g/mol. The molecule has 1 aromatic rings. The van der Waals surface area contributed by atoms with E-state index in [0.29, 0.717) is 12.6 Å². The molecule has 0 N–H and O–H groups in total. The molecular weight excluding hydrogens is 392 g/mol. The SMILES string of the molecule is CN(CC(=O)c1cc(Br)sc1Br)CC1CCCN1C. The Morgan fingerprint density at radius 3 is 2.84 bits per heavy atom. The van der Waals surface area contributed by atoms with E-state index in [9.17, 15) is 4.79 Å². The third-order valence-corrected chi connectivity index (χ3v) is 5.90. The lowest BCUT2D eigenvalue weighted by Gasteiger charge is -2.25. The summed E-state index contributed by atoms with van der Waals surface area (Å²) in [5, 5.41) is 0. The van der Waals surface area contributed by atoms with Gasteiger partial charge in [-0.15, -0.1) is 11.3 Å². The van der Waals surface area contributed by atoms with E-state index in [-0.39, 0.29) is 5.78 Å². The van der Waals surface area contributed by atoms with Crippen LogP contribution in [-0.4, -0.2) is 55.4 Å². The van der Waals surface area contributed by atoms with Crippen molar-refractivity contribution in [3.8, 4) is 0 Å². The molecule has 0 bridgehead atoms. The number of carbonyl (C=O) groups is 1. The molecule has 2 heterocycles. The molecule has 1 saturated heterocycles. The first-order valence-electron chi connectivity index (χ1n) is 6.34. The summed E-state index contributed by atoms with van der Waals surface area (Å²) in [6.45, 7) is 2.62. The van der Waals surface area contributed by atoms with Gasteiger partial charge >= 0.3 is 0 Å². The van der Waals surface area contributed by atoms with Crippen LogP contribution in [0.5, 0.6) is 0 Å². The molecule has 6 heteroatoms. The highest BCUT2D eigenvalue weighted by atomic mass is 79.9. The van der Waals surface area contributed by atoms with E-state index in [1.165, 1.54) is 19.4 Å². The molecule has 2 rings (SSSR count). The van der Waals surface area contributed by atoms with Gasteiger partial charge in [-0.2, -0.15) is 0 Å². The number of hydrogen-bond acceptors (Lipinski definition) is 4. The summed E-state index contributed by atoms with van der Waals surface area (Å²) in [7, 11) is 4.19. The Balaban J connectivity index is 1.90. The van der Waals surface area contributed by atoms with Crippen LogP contribution in [0.1, 0.15) is 23.2 Å². The number of likely N-dealkylation sites (N-methyl/N-ethyl adjacent to an activating group) is 2. The fraction of sp³-hybridized carbons (Fsp3) is 0.615. The summed E-state index contributed by atoms with van der Waals surface area (Å²) < 4.78 is 1.90. The summed E-state index contributed by atoms with van der Waals surface area (Å²) in [5.74, 6) is 0.178. The number of likely N-dealkylation sites (tertiary alicyclic amines) is 1. The molecule has 1 unspecified atom stereocenters. The van der Waals surface area contributed by atoms with Gasteiger partial charge in [-0.25, -0.2) is 0 Å². The summed E-state index contributed by atoms with van der Waals surface area (Å²) in [6.07, 6.45) is 2.51. The first-order chi connectivity index (χ1) is 8.97. The maximum Gasteiger partial charge on any atom is 0.178 e. The first kappa shape index (κ1) is 15.6. The van der Waals surface area contributed by atoms with Gasteiger partial charge in [0.2, 0.25) is 0 Å². The second kappa shape index (κ2) is 6.80. The minimum atomic E-state index is 0.178. The highest BCUT2D eigenvalue weighted by molar-refractivity contribution is 9.12. The van der Waals surface area contributed by atoms with Crippen molar-refractivity contribution in [1.82, 2.24) is 9.80 Å². The molecular formula is C13H18Br2N2OS. The Hall–Kier alpha value is 0.250. The number of thiophene rings is 1. The third kappa shape index (κ3) is 4.11. The van der Waals surface area contributed by atoms with Crippen LogP contribution in [0.25, 0.3) is 0 Å². The summed E-state index contributed by atoms with van der Waals surface area (Å²) in [5.41, 5.74) is 0.781. The van der Waals surface area contributed by atoms with Crippen molar-refractivity contribution in [2.75, 3.05) is 33.7 Å². The molecule has 1 aliphatic rings. The monoisotopic (exact) mass is 408 g/mol. The van der Waals surface area contributed by atoms with Crippen LogP contribution in [0.2, 0.25) is 0 Å². The Morgan fingerprint density at radius 1 is 1.58 bits per heavy atom. The van der Waals surface area contributed by atoms with Crippen molar-refractivity contribution in [3.63, 3.8) is 0 Å². The van der Waals surface area contributed by atoms with Crippen LogP contribution >= 0.6 is 43.2 Å². The smallest absolute Gasteiger partial charge is 0.178 e. The number of carbonyl (C=O) groups excluding carboxylic acids is 1. The molecule has 0 saturated carbocycles. The molecule has 0 spiro atoms. The second-order valence-corrected chi connectivity index (χ2v) is 8.88. The average Bonchev–Trinajstić information content (AvgIpc) is 2.85. The van der Waals surface area contributed by atoms with Crippen LogP contribution in [0.4, 0.5) is 0 Å². The zero-order valence-corrected chi connectivity index (χ0v) is 15.1. The highest BCUT2D eigenvalue weighted by Gasteiger charge is 2.23. The second-order valence-electron chi connectivity index (χ2n) is 5.13. The molecule has 1 aliphatic heterocycles. The number of ketones is 1. The molecule has 0 radical (unpaired) electrons. The number of hydrogen-bond donors (Lipinski definition) is 0. The van der Waals surface area contributed by atoms with Crippen LogP contribution in [0.15, 0.2) is 13.6 Å². The predicted octanol–water partition coefficient (Wildman–Crippen LogP) is 3.48. The van der Waals surface area contributed by atoms with Gasteiger partial charge < -0.3 is 4.90 Å². The molecule has 0 aromatic carbocycles. The zero-order chi connectivity index (χ0) is 14.0. The van der Waals surface area contributed by atoms with E-state index < -0.39 is 0 Å². The van der Waals surface area contributed by atoms with Crippen molar-refractivity contribution in [3.05, 3.63) is 19.2 Å². The van der Waals surface area contributed by atoms with Crippen LogP contribution in [0, 0.1) is 0 Å². The van der Waals surface area contributed by atoms with E-state index in [1.54, 1.807) is 11.3 Å². The van der Waals surface area contributed by atoms with Gasteiger partial charge in [0.25, 0.3) is 0 Å². The van der Waals surface area contributed by atoms with Gasteiger partial charge in [-0.05, 0) is 71.4 Å². The van der Waals surface area contributed by atoms with Crippen LogP contribution in [-0.2, 0) is 0 Å². The zero-order valence-electron chi connectivity index (χ0n) is 11.2. The third-order valence-electron chi connectivity index (χ3n) is 3.56. The molecule has 106 valence electrons. The Bertz CT molecular complexity index is 463. The molecule has 0 amide bonds. The summed E-state index contributed by atoms with van der Waals surface area (Å²) in [6, 6.07) is 2.49. The highest BCUT2D eigenvalue weighted by Crippen LogP contribution is 2.32. The lowest BCUT2D eigenvalue weighted by Crippen LogP contribution is -2.38. The molecule has 19 heavy (non-hydrogen) atoms. The van der Waals surface area contributed by atoms with Crippen molar-refractivity contribution in [1.29, 1.82) is 0 Å². The van der Waals surface area contributed by atoms with Gasteiger partial charge in [0.15, 0.2) is 5.78 Å². The Morgan fingerprint density at radius 2 is 2.32 bits per heavy atom. The van der Waals surface area contributed by atoms with E-state index in [4.69, 9.17) is 0 Å². The normalized spacial score (nSPS) is 20.4.